The highest BCUT2D eigenvalue weighted by Crippen LogP contribution is 2.30. The maximum atomic E-state index is 12.0. The first-order valence-corrected chi connectivity index (χ1v) is 6.37. The van der Waals surface area contributed by atoms with Crippen molar-refractivity contribution in [2.45, 2.75) is 20.8 Å². The number of rotatable bonds is 4. The quantitative estimate of drug-likeness (QED) is 0.686. The average Bonchev–Trinajstić information content (AvgIpc) is 2.78. The summed E-state index contributed by atoms with van der Waals surface area (Å²) in [4.78, 5) is 30.9. The molecule has 0 amide bonds. The summed E-state index contributed by atoms with van der Waals surface area (Å²) in [5.41, 5.74) is 2.72. The van der Waals surface area contributed by atoms with E-state index in [-0.39, 0.29) is 12.4 Å². The van der Waals surface area contributed by atoms with Crippen LogP contribution in [0, 0.1) is 6.92 Å². The Balaban J connectivity index is 2.68. The van der Waals surface area contributed by atoms with Crippen molar-refractivity contribution in [3.8, 4) is 11.1 Å². The van der Waals surface area contributed by atoms with Gasteiger partial charge in [0.15, 0.2) is 5.78 Å². The van der Waals surface area contributed by atoms with Gasteiger partial charge in [-0.25, -0.2) is 4.79 Å². The molecule has 0 bridgehead atoms. The maximum Gasteiger partial charge on any atom is 0.355 e. The monoisotopic (exact) mass is 272 g/mol. The van der Waals surface area contributed by atoms with Crippen LogP contribution in [0.25, 0.3) is 11.1 Å². The molecule has 0 aliphatic rings. The topological polar surface area (TPSA) is 72.1 Å². The van der Waals surface area contributed by atoms with Crippen molar-refractivity contribution >= 4 is 11.8 Å². The second kappa shape index (κ2) is 5.69. The van der Waals surface area contributed by atoms with Gasteiger partial charge < -0.3 is 9.72 Å². The zero-order valence-corrected chi connectivity index (χ0v) is 11.7. The molecule has 0 saturated carbocycles. The van der Waals surface area contributed by atoms with E-state index in [9.17, 15) is 9.59 Å². The Kier molecular flexibility index (Phi) is 3.98. The summed E-state index contributed by atoms with van der Waals surface area (Å²) in [6.45, 7) is 5.26. The van der Waals surface area contributed by atoms with Gasteiger partial charge in [0.1, 0.15) is 5.69 Å². The molecule has 2 heterocycles. The number of H-pyrrole nitrogens is 1. The van der Waals surface area contributed by atoms with Crippen LogP contribution >= 0.6 is 0 Å². The summed E-state index contributed by atoms with van der Waals surface area (Å²) >= 11 is 0. The van der Waals surface area contributed by atoms with Crippen LogP contribution in [-0.2, 0) is 4.74 Å². The molecule has 2 rings (SSSR count). The Bertz CT molecular complexity index is 645. The Morgan fingerprint density at radius 3 is 2.70 bits per heavy atom. The number of hydrogen-bond acceptors (Lipinski definition) is 4. The molecule has 5 nitrogen and oxygen atoms in total. The smallest absolute Gasteiger partial charge is 0.355 e. The first-order valence-electron chi connectivity index (χ1n) is 6.37. The predicted molar refractivity (Wildman–Crippen MR) is 74.7 cm³/mol. The lowest BCUT2D eigenvalue weighted by Gasteiger charge is -2.05. The van der Waals surface area contributed by atoms with Gasteiger partial charge >= 0.3 is 5.97 Å². The second-order valence-corrected chi connectivity index (χ2v) is 4.39. The van der Waals surface area contributed by atoms with Crippen LogP contribution in [0.5, 0.6) is 0 Å². The van der Waals surface area contributed by atoms with E-state index in [4.69, 9.17) is 4.74 Å². The van der Waals surface area contributed by atoms with Crippen LogP contribution in [0.15, 0.2) is 24.5 Å². The SMILES string of the molecule is CCOC(=O)c1[nH]c(C)c(C(C)=O)c1-c1cccnc1. The van der Waals surface area contributed by atoms with Gasteiger partial charge in [-0.05, 0) is 26.8 Å². The summed E-state index contributed by atoms with van der Waals surface area (Å²) in [5, 5.41) is 0. The number of aromatic amines is 1. The number of carbonyl (C=O) groups is 2. The van der Waals surface area contributed by atoms with Gasteiger partial charge in [-0.3, -0.25) is 9.78 Å². The third kappa shape index (κ3) is 2.47. The van der Waals surface area contributed by atoms with Crippen molar-refractivity contribution in [3.63, 3.8) is 0 Å². The van der Waals surface area contributed by atoms with Gasteiger partial charge in [-0.15, -0.1) is 0 Å². The van der Waals surface area contributed by atoms with Crippen molar-refractivity contribution in [2.24, 2.45) is 0 Å². The van der Waals surface area contributed by atoms with Gasteiger partial charge in [-0.2, -0.15) is 0 Å². The van der Waals surface area contributed by atoms with Crippen molar-refractivity contribution in [1.82, 2.24) is 9.97 Å². The molecule has 0 fully saturated rings. The van der Waals surface area contributed by atoms with Crippen molar-refractivity contribution in [3.05, 3.63) is 41.5 Å². The molecular weight excluding hydrogens is 256 g/mol. The Hall–Kier alpha value is -2.43. The van der Waals surface area contributed by atoms with Gasteiger partial charge in [0.25, 0.3) is 0 Å². The Labute approximate surface area is 117 Å². The fourth-order valence-corrected chi connectivity index (χ4v) is 2.22. The number of ketones is 1. The van der Waals surface area contributed by atoms with Gasteiger partial charge in [-0.1, -0.05) is 6.07 Å². The standard InChI is InChI=1S/C15H16N2O3/c1-4-20-15(19)14-13(11-6-5-7-16-8-11)12(10(3)18)9(2)17-14/h5-8,17H,4H2,1-3H3. The van der Waals surface area contributed by atoms with Crippen LogP contribution < -0.4 is 0 Å². The minimum Gasteiger partial charge on any atom is -0.461 e. The van der Waals surface area contributed by atoms with Crippen molar-refractivity contribution < 1.29 is 14.3 Å². The number of pyridine rings is 1. The number of Topliss-reactive ketones (excluding diaryl/α,β-unsaturated/α-hetero) is 1. The summed E-state index contributed by atoms with van der Waals surface area (Å²) in [7, 11) is 0. The maximum absolute atomic E-state index is 12.0. The number of ether oxygens (including phenoxy) is 1. The molecule has 104 valence electrons. The third-order valence-corrected chi connectivity index (χ3v) is 2.97. The molecule has 2 aromatic heterocycles. The molecule has 2 aromatic rings. The molecule has 20 heavy (non-hydrogen) atoms. The lowest BCUT2D eigenvalue weighted by Crippen LogP contribution is -2.07. The van der Waals surface area contributed by atoms with Crippen molar-refractivity contribution in [1.29, 1.82) is 0 Å². The number of aryl methyl sites for hydroxylation is 1. The van der Waals surface area contributed by atoms with E-state index in [1.165, 1.54) is 6.92 Å². The number of nitrogens with one attached hydrogen (secondary N) is 1. The van der Waals surface area contributed by atoms with Crippen LogP contribution in [0.1, 0.15) is 40.4 Å². The van der Waals surface area contributed by atoms with E-state index in [1.807, 2.05) is 6.07 Å². The molecule has 0 saturated heterocycles. The minimum atomic E-state index is -0.470. The summed E-state index contributed by atoms with van der Waals surface area (Å²) < 4.78 is 5.04. The molecule has 0 aromatic carbocycles. The van der Waals surface area contributed by atoms with E-state index >= 15 is 0 Å². The van der Waals surface area contributed by atoms with E-state index in [2.05, 4.69) is 9.97 Å². The minimum absolute atomic E-state index is 0.104. The van der Waals surface area contributed by atoms with Gasteiger partial charge in [0.05, 0.1) is 6.61 Å². The molecule has 0 radical (unpaired) electrons. The molecule has 0 spiro atoms. The van der Waals surface area contributed by atoms with E-state index < -0.39 is 5.97 Å². The number of carbonyl (C=O) groups excluding carboxylic acids is 2. The summed E-state index contributed by atoms with van der Waals surface area (Å²) in [6, 6.07) is 3.57. The van der Waals surface area contributed by atoms with E-state index in [0.29, 0.717) is 28.1 Å². The molecule has 0 atom stereocenters. The average molecular weight is 272 g/mol. The Morgan fingerprint density at radius 1 is 1.40 bits per heavy atom. The second-order valence-electron chi connectivity index (χ2n) is 4.39. The lowest BCUT2D eigenvalue weighted by atomic mass is 9.99. The molecule has 0 aliphatic carbocycles. The highest BCUT2D eigenvalue weighted by molar-refractivity contribution is 6.08. The van der Waals surface area contributed by atoms with Gasteiger partial charge in [0.2, 0.25) is 0 Å². The largest absolute Gasteiger partial charge is 0.461 e. The zero-order valence-electron chi connectivity index (χ0n) is 11.7. The summed E-state index contributed by atoms with van der Waals surface area (Å²) in [5.74, 6) is -0.574. The molecule has 1 N–H and O–H groups in total. The highest BCUT2D eigenvalue weighted by atomic mass is 16.5. The van der Waals surface area contributed by atoms with Gasteiger partial charge in [0, 0.05) is 34.8 Å². The predicted octanol–water partition coefficient (Wildman–Crippen LogP) is 2.76. The first-order chi connectivity index (χ1) is 9.56. The molecule has 0 unspecified atom stereocenters. The number of nitrogens with zero attached hydrogens (tertiary/aromatic N) is 1. The highest BCUT2D eigenvalue weighted by Gasteiger charge is 2.24. The Morgan fingerprint density at radius 2 is 2.15 bits per heavy atom. The molecule has 0 aliphatic heterocycles. The zero-order chi connectivity index (χ0) is 14.7. The normalized spacial score (nSPS) is 10.3. The molecule has 5 heteroatoms. The van der Waals surface area contributed by atoms with Crippen LogP contribution in [0.4, 0.5) is 0 Å². The molecular formula is C15H16N2O3. The third-order valence-electron chi connectivity index (χ3n) is 2.97. The van der Waals surface area contributed by atoms with Crippen LogP contribution in [0.2, 0.25) is 0 Å². The van der Waals surface area contributed by atoms with Crippen LogP contribution in [-0.4, -0.2) is 28.3 Å². The van der Waals surface area contributed by atoms with E-state index in [0.717, 1.165) is 0 Å². The lowest BCUT2D eigenvalue weighted by molar-refractivity contribution is 0.0521. The number of hydrogen-bond donors (Lipinski definition) is 1. The van der Waals surface area contributed by atoms with Crippen molar-refractivity contribution in [2.75, 3.05) is 6.61 Å². The van der Waals surface area contributed by atoms with Crippen LogP contribution in [0.3, 0.4) is 0 Å². The van der Waals surface area contributed by atoms with E-state index in [1.54, 1.807) is 32.3 Å². The fourth-order valence-electron chi connectivity index (χ4n) is 2.22. The summed E-state index contributed by atoms with van der Waals surface area (Å²) in [6.07, 6.45) is 3.26. The number of aromatic nitrogens is 2. The fraction of sp³-hybridized carbons (Fsp3) is 0.267. The number of esters is 1. The first kappa shape index (κ1) is 14.0.